The molecule has 0 heterocycles. The van der Waals surface area contributed by atoms with Crippen LogP contribution in [0.3, 0.4) is 0 Å². The van der Waals surface area contributed by atoms with E-state index < -0.39 is 0 Å². The van der Waals surface area contributed by atoms with Crippen molar-refractivity contribution in [1.82, 2.24) is 0 Å². The van der Waals surface area contributed by atoms with Crippen LogP contribution in [0.5, 0.6) is 0 Å². The minimum absolute atomic E-state index is 0. The molecule has 0 aromatic carbocycles. The zero-order chi connectivity index (χ0) is 3.54. The minimum Gasteiger partial charge on any atom is -0.273 e. The van der Waals surface area contributed by atoms with Crippen LogP contribution in [0, 0.1) is 6.08 Å². The average molecular weight is 197 g/mol. The van der Waals surface area contributed by atoms with Crippen molar-refractivity contribution in [3.05, 3.63) is 24.3 Å². The summed E-state index contributed by atoms with van der Waals surface area (Å²) in [5, 5.41) is 0. The molecule has 0 N–H and O–H groups in total. The molecule has 0 atom stereocenters. The quantitative estimate of drug-likeness (QED) is 0.410. The van der Waals surface area contributed by atoms with E-state index in [9.17, 15) is 0 Å². The van der Waals surface area contributed by atoms with Gasteiger partial charge in [-0.25, -0.2) is 12.2 Å². The van der Waals surface area contributed by atoms with E-state index in [1.807, 2.05) is 12.2 Å². The van der Waals surface area contributed by atoms with Crippen LogP contribution in [-0.4, -0.2) is 0 Å². The summed E-state index contributed by atoms with van der Waals surface area (Å²) in [7, 11) is 0. The Morgan fingerprint density at radius 3 is 2.29 bits per heavy atom. The molecule has 2 heteroatoms. The van der Waals surface area contributed by atoms with Crippen molar-refractivity contribution in [3.8, 4) is 0 Å². The molecule has 40 valence electrons. The van der Waals surface area contributed by atoms with Gasteiger partial charge in [-0.2, -0.15) is 6.08 Å². The molecular weight excluding hydrogens is 191 g/mol. The Bertz CT molecular complexity index is 66.1. The smallest absolute Gasteiger partial charge is 0 e. The van der Waals surface area contributed by atoms with Crippen molar-refractivity contribution >= 4 is 12.4 Å². The summed E-state index contributed by atoms with van der Waals surface area (Å²) < 4.78 is 0. The Labute approximate surface area is 64.4 Å². The SMILES string of the molecule is Cl.[C-]1=CC=CC1.[Mo]. The van der Waals surface area contributed by atoms with Gasteiger partial charge >= 0.3 is 0 Å². The molecule has 1 rings (SSSR count). The average Bonchev–Trinajstić information content (AvgIpc) is 1.76. The van der Waals surface area contributed by atoms with Crippen molar-refractivity contribution in [3.63, 3.8) is 0 Å². The number of halogens is 1. The number of hydrogen-bond donors (Lipinski definition) is 0. The minimum atomic E-state index is 0. The van der Waals surface area contributed by atoms with E-state index in [-0.39, 0.29) is 33.5 Å². The first kappa shape index (κ1) is 10.4. The van der Waals surface area contributed by atoms with Gasteiger partial charge in [-0.3, -0.25) is 6.08 Å². The fraction of sp³-hybridized carbons (Fsp3) is 0.200. The molecule has 0 saturated carbocycles. The molecule has 0 bridgehead atoms. The Morgan fingerprint density at radius 1 is 1.43 bits per heavy atom. The molecule has 0 nitrogen and oxygen atoms in total. The topological polar surface area (TPSA) is 0 Å². The molecule has 7 heavy (non-hydrogen) atoms. The maximum Gasteiger partial charge on any atom is 0 e. The van der Waals surface area contributed by atoms with Crippen LogP contribution in [-0.2, 0) is 21.1 Å². The van der Waals surface area contributed by atoms with Crippen molar-refractivity contribution in [2.75, 3.05) is 0 Å². The molecule has 0 saturated heterocycles. The molecule has 0 aliphatic heterocycles. The summed E-state index contributed by atoms with van der Waals surface area (Å²) in [5.74, 6) is 0. The number of hydrogen-bond acceptors (Lipinski definition) is 0. The van der Waals surface area contributed by atoms with Crippen LogP contribution in [0.25, 0.3) is 0 Å². The second-order valence-electron chi connectivity index (χ2n) is 1.00. The maximum atomic E-state index is 2.99. The molecule has 0 radical (unpaired) electrons. The van der Waals surface area contributed by atoms with E-state index in [0.29, 0.717) is 0 Å². The molecule has 0 spiro atoms. The predicted molar refractivity (Wildman–Crippen MR) is 28.8 cm³/mol. The van der Waals surface area contributed by atoms with E-state index in [4.69, 9.17) is 0 Å². The first-order valence-corrected chi connectivity index (χ1v) is 1.72. The van der Waals surface area contributed by atoms with Gasteiger partial charge in [0.1, 0.15) is 0 Å². The molecule has 0 aromatic heterocycles. The van der Waals surface area contributed by atoms with Gasteiger partial charge in [0.2, 0.25) is 0 Å². The van der Waals surface area contributed by atoms with Crippen molar-refractivity contribution in [1.29, 1.82) is 0 Å². The molecule has 0 fully saturated rings. The third-order valence-electron chi connectivity index (χ3n) is 0.586. The van der Waals surface area contributed by atoms with Crippen molar-refractivity contribution in [2.45, 2.75) is 6.42 Å². The van der Waals surface area contributed by atoms with Gasteiger partial charge in [0.05, 0.1) is 0 Å². The summed E-state index contributed by atoms with van der Waals surface area (Å²) in [6, 6.07) is 0. The summed E-state index contributed by atoms with van der Waals surface area (Å²) in [6.07, 6.45) is 10.0. The summed E-state index contributed by atoms with van der Waals surface area (Å²) in [6.45, 7) is 0. The Morgan fingerprint density at radius 2 is 2.14 bits per heavy atom. The van der Waals surface area contributed by atoms with Crippen LogP contribution in [0.15, 0.2) is 18.2 Å². The maximum absolute atomic E-state index is 2.99. The molecule has 0 aromatic rings. The first-order valence-electron chi connectivity index (χ1n) is 1.72. The molecular formula is C5H6ClMo-. The van der Waals surface area contributed by atoms with Crippen LogP contribution in [0.2, 0.25) is 0 Å². The number of rotatable bonds is 0. The Hall–Kier alpha value is 0.458. The monoisotopic (exact) mass is 199 g/mol. The van der Waals surface area contributed by atoms with Gasteiger partial charge in [0, 0.05) is 21.1 Å². The van der Waals surface area contributed by atoms with Gasteiger partial charge in [0.15, 0.2) is 0 Å². The van der Waals surface area contributed by atoms with Crippen LogP contribution >= 0.6 is 12.4 Å². The fourth-order valence-electron chi connectivity index (χ4n) is 0.340. The predicted octanol–water partition coefficient (Wildman–Crippen LogP) is 1.72. The zero-order valence-corrected chi connectivity index (χ0v) is 6.58. The van der Waals surface area contributed by atoms with Crippen LogP contribution < -0.4 is 0 Å². The largest absolute Gasteiger partial charge is 0.273 e. The van der Waals surface area contributed by atoms with E-state index in [1.54, 1.807) is 0 Å². The summed E-state index contributed by atoms with van der Waals surface area (Å²) in [5.41, 5.74) is 0. The number of allylic oxidation sites excluding steroid dienone is 4. The third-order valence-corrected chi connectivity index (χ3v) is 0.586. The van der Waals surface area contributed by atoms with Gasteiger partial charge in [-0.1, -0.05) is 0 Å². The first-order chi connectivity index (χ1) is 2.50. The molecule has 0 unspecified atom stereocenters. The van der Waals surface area contributed by atoms with Crippen molar-refractivity contribution < 1.29 is 21.1 Å². The van der Waals surface area contributed by atoms with E-state index >= 15 is 0 Å². The van der Waals surface area contributed by atoms with E-state index in [1.165, 1.54) is 0 Å². The summed E-state index contributed by atoms with van der Waals surface area (Å²) >= 11 is 0. The fourth-order valence-corrected chi connectivity index (χ4v) is 0.340. The summed E-state index contributed by atoms with van der Waals surface area (Å²) in [4.78, 5) is 0. The normalized spacial score (nSPS) is 12.6. The molecule has 0 amide bonds. The Balaban J connectivity index is 0. The Kier molecular flexibility index (Phi) is 9.63. The van der Waals surface area contributed by atoms with Gasteiger partial charge < -0.3 is 0 Å². The van der Waals surface area contributed by atoms with Crippen molar-refractivity contribution in [2.24, 2.45) is 0 Å². The standard InChI is InChI=1S/C5H5.ClH.Mo/c1-2-4-5-3-1;;/h1-3H,4H2;1H;/q-1;;. The molecule has 1 aliphatic carbocycles. The van der Waals surface area contributed by atoms with Gasteiger partial charge in [0.25, 0.3) is 0 Å². The van der Waals surface area contributed by atoms with Gasteiger partial charge in [-0.05, 0) is 0 Å². The second-order valence-corrected chi connectivity index (χ2v) is 1.00. The van der Waals surface area contributed by atoms with Gasteiger partial charge in [-0.15, -0.1) is 18.8 Å². The van der Waals surface area contributed by atoms with E-state index in [0.717, 1.165) is 6.42 Å². The zero-order valence-electron chi connectivity index (χ0n) is 3.76. The van der Waals surface area contributed by atoms with Crippen LogP contribution in [0.1, 0.15) is 6.42 Å². The molecule has 1 aliphatic rings. The van der Waals surface area contributed by atoms with E-state index in [2.05, 4.69) is 12.2 Å². The van der Waals surface area contributed by atoms with Crippen LogP contribution in [0.4, 0.5) is 0 Å². The third kappa shape index (κ3) is 4.31. The second kappa shape index (κ2) is 6.46.